The number of rotatable bonds is 4. The van der Waals surface area contributed by atoms with Crippen LogP contribution in [0.3, 0.4) is 0 Å². The van der Waals surface area contributed by atoms with Crippen molar-refractivity contribution in [2.75, 3.05) is 6.54 Å². The molecule has 4 rings (SSSR count). The third-order valence-electron chi connectivity index (χ3n) is 5.02. The summed E-state index contributed by atoms with van der Waals surface area (Å²) in [5.74, 6) is -0.147. The van der Waals surface area contributed by atoms with Crippen molar-refractivity contribution >= 4 is 5.91 Å². The molecule has 2 aromatic heterocycles. The predicted octanol–water partition coefficient (Wildman–Crippen LogP) is 2.35. The van der Waals surface area contributed by atoms with Gasteiger partial charge in [-0.05, 0) is 44.5 Å². The standard InChI is InChI=1S/C20H24N6O/c1-12-10-13(2)26(25-12)16-6-4-15(5-7-16)14(3)22-20(27)19-17-11-21-9-8-18(17)23-24-19/h4-7,10,14,21H,8-9,11H2,1-3H3,(H,22,27)(H,23,24). The van der Waals surface area contributed by atoms with Gasteiger partial charge in [-0.1, -0.05) is 12.1 Å². The molecule has 3 N–H and O–H groups in total. The maximum absolute atomic E-state index is 12.7. The lowest BCUT2D eigenvalue weighted by Gasteiger charge is -2.16. The van der Waals surface area contributed by atoms with Gasteiger partial charge in [0.15, 0.2) is 5.69 Å². The number of aromatic amines is 1. The van der Waals surface area contributed by atoms with Crippen molar-refractivity contribution in [2.45, 2.75) is 39.8 Å². The molecular formula is C20H24N6O. The van der Waals surface area contributed by atoms with Crippen LogP contribution in [0.2, 0.25) is 0 Å². The number of nitrogens with zero attached hydrogens (tertiary/aromatic N) is 3. The summed E-state index contributed by atoms with van der Waals surface area (Å²) in [6.07, 6.45) is 0.874. The van der Waals surface area contributed by atoms with Gasteiger partial charge >= 0.3 is 0 Å². The van der Waals surface area contributed by atoms with Gasteiger partial charge in [-0.2, -0.15) is 10.2 Å². The minimum Gasteiger partial charge on any atom is -0.344 e. The number of fused-ring (bicyclic) bond motifs is 1. The van der Waals surface area contributed by atoms with Gasteiger partial charge in [0.2, 0.25) is 0 Å². The largest absolute Gasteiger partial charge is 0.344 e. The van der Waals surface area contributed by atoms with Crippen molar-refractivity contribution < 1.29 is 4.79 Å². The van der Waals surface area contributed by atoms with Gasteiger partial charge in [-0.15, -0.1) is 0 Å². The number of benzene rings is 1. The molecule has 1 amide bonds. The summed E-state index contributed by atoms with van der Waals surface area (Å²) in [6.45, 7) is 7.59. The van der Waals surface area contributed by atoms with Crippen molar-refractivity contribution in [2.24, 2.45) is 0 Å². The highest BCUT2D eigenvalue weighted by Gasteiger charge is 2.22. The Bertz CT molecular complexity index is 969. The van der Waals surface area contributed by atoms with Crippen molar-refractivity contribution in [3.63, 3.8) is 0 Å². The maximum Gasteiger partial charge on any atom is 0.272 e. The van der Waals surface area contributed by atoms with Crippen molar-refractivity contribution in [3.05, 3.63) is 64.2 Å². The molecular weight excluding hydrogens is 340 g/mol. The minimum absolute atomic E-state index is 0.115. The quantitative estimate of drug-likeness (QED) is 0.663. The third kappa shape index (κ3) is 3.38. The highest BCUT2D eigenvalue weighted by atomic mass is 16.2. The normalized spacial score (nSPS) is 14.6. The number of aryl methyl sites for hydroxylation is 2. The Morgan fingerprint density at radius 1 is 1.26 bits per heavy atom. The van der Waals surface area contributed by atoms with E-state index in [1.807, 2.05) is 49.7 Å². The molecule has 27 heavy (non-hydrogen) atoms. The summed E-state index contributed by atoms with van der Waals surface area (Å²) in [5, 5.41) is 18.1. The van der Waals surface area contributed by atoms with Gasteiger partial charge in [0.1, 0.15) is 0 Å². The van der Waals surface area contributed by atoms with Crippen LogP contribution in [0.1, 0.15) is 51.7 Å². The number of carbonyl (C=O) groups is 1. The Balaban J connectivity index is 1.48. The second-order valence-electron chi connectivity index (χ2n) is 7.08. The van der Waals surface area contributed by atoms with Crippen molar-refractivity contribution in [1.82, 2.24) is 30.6 Å². The zero-order valence-electron chi connectivity index (χ0n) is 15.8. The molecule has 1 atom stereocenters. The Hall–Kier alpha value is -2.93. The molecule has 0 radical (unpaired) electrons. The van der Waals surface area contributed by atoms with E-state index < -0.39 is 0 Å². The average Bonchev–Trinajstić information content (AvgIpc) is 3.24. The highest BCUT2D eigenvalue weighted by molar-refractivity contribution is 5.94. The Morgan fingerprint density at radius 3 is 2.74 bits per heavy atom. The van der Waals surface area contributed by atoms with Crippen LogP contribution in [0, 0.1) is 13.8 Å². The topological polar surface area (TPSA) is 87.6 Å². The van der Waals surface area contributed by atoms with Gasteiger partial charge < -0.3 is 10.6 Å². The Morgan fingerprint density at radius 2 is 2.04 bits per heavy atom. The van der Waals surface area contributed by atoms with Crippen LogP contribution in [0.25, 0.3) is 5.69 Å². The Kier molecular flexibility index (Phi) is 4.53. The molecule has 0 bridgehead atoms. The molecule has 1 unspecified atom stereocenters. The average molecular weight is 364 g/mol. The lowest BCUT2D eigenvalue weighted by molar-refractivity contribution is 0.0933. The second-order valence-corrected chi connectivity index (χ2v) is 7.08. The molecule has 0 fully saturated rings. The summed E-state index contributed by atoms with van der Waals surface area (Å²) >= 11 is 0. The van der Waals surface area contributed by atoms with Crippen molar-refractivity contribution in [3.8, 4) is 5.69 Å². The molecule has 3 heterocycles. The zero-order valence-corrected chi connectivity index (χ0v) is 15.8. The van der Waals surface area contributed by atoms with E-state index in [2.05, 4.69) is 32.0 Å². The van der Waals surface area contributed by atoms with Gasteiger partial charge in [0, 0.05) is 36.5 Å². The van der Waals surface area contributed by atoms with E-state index in [4.69, 9.17) is 0 Å². The number of hydrogen-bond acceptors (Lipinski definition) is 4. The molecule has 0 saturated carbocycles. The molecule has 0 saturated heterocycles. The molecule has 0 spiro atoms. The molecule has 0 aliphatic carbocycles. The van der Waals surface area contributed by atoms with Gasteiger partial charge in [-0.25, -0.2) is 4.68 Å². The lowest BCUT2D eigenvalue weighted by Crippen LogP contribution is -2.30. The van der Waals surface area contributed by atoms with E-state index in [1.165, 1.54) is 0 Å². The first-order valence-electron chi connectivity index (χ1n) is 9.24. The third-order valence-corrected chi connectivity index (χ3v) is 5.02. The summed E-state index contributed by atoms with van der Waals surface area (Å²) in [5.41, 5.74) is 6.66. The lowest BCUT2D eigenvalue weighted by atomic mass is 10.1. The van der Waals surface area contributed by atoms with Crippen LogP contribution in [0.5, 0.6) is 0 Å². The first-order chi connectivity index (χ1) is 13.0. The van der Waals surface area contributed by atoms with Gasteiger partial charge in [0.25, 0.3) is 5.91 Å². The van der Waals surface area contributed by atoms with E-state index in [-0.39, 0.29) is 11.9 Å². The molecule has 3 aromatic rings. The number of hydrogen-bond donors (Lipinski definition) is 3. The van der Waals surface area contributed by atoms with Crippen LogP contribution in [-0.2, 0) is 13.0 Å². The molecule has 7 heteroatoms. The van der Waals surface area contributed by atoms with Crippen LogP contribution >= 0.6 is 0 Å². The maximum atomic E-state index is 12.7. The predicted molar refractivity (Wildman–Crippen MR) is 103 cm³/mol. The fourth-order valence-electron chi connectivity index (χ4n) is 3.56. The van der Waals surface area contributed by atoms with Crippen LogP contribution in [0.4, 0.5) is 0 Å². The monoisotopic (exact) mass is 364 g/mol. The minimum atomic E-state index is -0.147. The molecule has 1 aliphatic rings. The number of H-pyrrole nitrogens is 1. The Labute approximate surface area is 158 Å². The highest BCUT2D eigenvalue weighted by Crippen LogP contribution is 2.19. The van der Waals surface area contributed by atoms with E-state index >= 15 is 0 Å². The van der Waals surface area contributed by atoms with Crippen molar-refractivity contribution in [1.29, 1.82) is 0 Å². The fraction of sp³-hybridized carbons (Fsp3) is 0.350. The van der Waals surface area contributed by atoms with Crippen LogP contribution in [0.15, 0.2) is 30.3 Å². The molecule has 140 valence electrons. The van der Waals surface area contributed by atoms with Crippen LogP contribution in [-0.4, -0.2) is 32.4 Å². The fourth-order valence-corrected chi connectivity index (χ4v) is 3.56. The number of amides is 1. The summed E-state index contributed by atoms with van der Waals surface area (Å²) in [7, 11) is 0. The summed E-state index contributed by atoms with van der Waals surface area (Å²) < 4.78 is 1.92. The first-order valence-corrected chi connectivity index (χ1v) is 9.24. The second kappa shape index (κ2) is 7.00. The van der Waals surface area contributed by atoms with Gasteiger partial charge in [0.05, 0.1) is 17.4 Å². The molecule has 1 aromatic carbocycles. The van der Waals surface area contributed by atoms with Gasteiger partial charge in [-0.3, -0.25) is 9.89 Å². The number of nitrogens with one attached hydrogen (secondary N) is 3. The summed E-state index contributed by atoms with van der Waals surface area (Å²) in [4.78, 5) is 12.7. The smallest absolute Gasteiger partial charge is 0.272 e. The van der Waals surface area contributed by atoms with Crippen LogP contribution < -0.4 is 10.6 Å². The van der Waals surface area contributed by atoms with E-state index in [0.29, 0.717) is 12.2 Å². The molecule has 7 nitrogen and oxygen atoms in total. The molecule has 1 aliphatic heterocycles. The summed E-state index contributed by atoms with van der Waals surface area (Å²) in [6, 6.07) is 10.0. The van der Waals surface area contributed by atoms with E-state index in [9.17, 15) is 4.79 Å². The number of aromatic nitrogens is 4. The number of carbonyl (C=O) groups excluding carboxylic acids is 1. The van der Waals surface area contributed by atoms with E-state index in [0.717, 1.165) is 46.9 Å². The first kappa shape index (κ1) is 17.5. The zero-order chi connectivity index (χ0) is 19.0. The SMILES string of the molecule is Cc1cc(C)n(-c2ccc(C(C)NC(=O)c3n[nH]c4c3CNCC4)cc2)n1. The van der Waals surface area contributed by atoms with E-state index in [1.54, 1.807) is 0 Å².